The summed E-state index contributed by atoms with van der Waals surface area (Å²) < 4.78 is 5.89. The van der Waals surface area contributed by atoms with Crippen LogP contribution in [0.15, 0.2) is 36.4 Å². The van der Waals surface area contributed by atoms with Crippen molar-refractivity contribution in [3.05, 3.63) is 64.2 Å². The fourth-order valence-electron chi connectivity index (χ4n) is 3.36. The molecule has 5 heteroatoms. The Morgan fingerprint density at radius 2 is 1.80 bits per heavy atom. The van der Waals surface area contributed by atoms with Crippen molar-refractivity contribution in [2.75, 3.05) is 13.2 Å². The van der Waals surface area contributed by atoms with Gasteiger partial charge in [0.2, 0.25) is 5.91 Å². The SMILES string of the molecule is CCCNC(=O)[C@H](C)N(Cc1cccc(C)c1)C(=O)COc1cc(C)cc(C)c1C. The molecule has 0 saturated carbocycles. The number of ether oxygens (including phenoxy) is 1. The minimum Gasteiger partial charge on any atom is -0.483 e. The zero-order valence-corrected chi connectivity index (χ0v) is 19.0. The Morgan fingerprint density at radius 1 is 1.07 bits per heavy atom. The lowest BCUT2D eigenvalue weighted by Crippen LogP contribution is -2.49. The largest absolute Gasteiger partial charge is 0.483 e. The van der Waals surface area contributed by atoms with Crippen LogP contribution in [0.25, 0.3) is 0 Å². The normalized spacial score (nSPS) is 11.7. The third-order valence-corrected chi connectivity index (χ3v) is 5.27. The number of carbonyl (C=O) groups excluding carboxylic acids is 2. The van der Waals surface area contributed by atoms with E-state index >= 15 is 0 Å². The average Bonchev–Trinajstić information content (AvgIpc) is 2.71. The molecule has 0 spiro atoms. The number of aryl methyl sites for hydroxylation is 3. The smallest absolute Gasteiger partial charge is 0.261 e. The predicted octanol–water partition coefficient (Wildman–Crippen LogP) is 4.24. The molecule has 30 heavy (non-hydrogen) atoms. The number of hydrogen-bond donors (Lipinski definition) is 1. The molecule has 2 rings (SSSR count). The van der Waals surface area contributed by atoms with Crippen molar-refractivity contribution in [2.24, 2.45) is 0 Å². The molecule has 0 aromatic heterocycles. The number of amides is 2. The van der Waals surface area contributed by atoms with E-state index in [-0.39, 0.29) is 18.4 Å². The lowest BCUT2D eigenvalue weighted by atomic mass is 10.1. The van der Waals surface area contributed by atoms with E-state index < -0.39 is 6.04 Å². The Morgan fingerprint density at radius 3 is 2.47 bits per heavy atom. The minimum atomic E-state index is -0.589. The predicted molar refractivity (Wildman–Crippen MR) is 121 cm³/mol. The number of nitrogens with zero attached hydrogens (tertiary/aromatic N) is 1. The molecule has 0 aliphatic carbocycles. The fourth-order valence-corrected chi connectivity index (χ4v) is 3.36. The minimum absolute atomic E-state index is 0.110. The van der Waals surface area contributed by atoms with Gasteiger partial charge in [-0.3, -0.25) is 9.59 Å². The summed E-state index contributed by atoms with van der Waals surface area (Å²) in [6.07, 6.45) is 0.847. The molecule has 1 N–H and O–H groups in total. The molecule has 1 atom stereocenters. The number of benzene rings is 2. The molecule has 2 aromatic carbocycles. The second kappa shape index (κ2) is 10.8. The van der Waals surface area contributed by atoms with Crippen LogP contribution in [-0.4, -0.2) is 35.9 Å². The highest BCUT2D eigenvalue weighted by Crippen LogP contribution is 2.23. The second-order valence-corrected chi connectivity index (χ2v) is 7.97. The van der Waals surface area contributed by atoms with E-state index in [1.165, 1.54) is 0 Å². The molecule has 2 amide bonds. The summed E-state index contributed by atoms with van der Waals surface area (Å²) in [6.45, 7) is 12.6. The van der Waals surface area contributed by atoms with Crippen molar-refractivity contribution in [3.8, 4) is 5.75 Å². The summed E-state index contributed by atoms with van der Waals surface area (Å²) in [5.41, 5.74) is 5.34. The lowest BCUT2D eigenvalue weighted by Gasteiger charge is -2.29. The Labute approximate surface area is 180 Å². The maximum Gasteiger partial charge on any atom is 0.261 e. The summed E-state index contributed by atoms with van der Waals surface area (Å²) in [6, 6.07) is 11.4. The molecule has 162 valence electrons. The zero-order valence-electron chi connectivity index (χ0n) is 19.0. The van der Waals surface area contributed by atoms with Crippen LogP contribution in [0.3, 0.4) is 0 Å². The Hall–Kier alpha value is -2.82. The lowest BCUT2D eigenvalue weighted by molar-refractivity contribution is -0.142. The van der Waals surface area contributed by atoms with Crippen molar-refractivity contribution in [3.63, 3.8) is 0 Å². The van der Waals surface area contributed by atoms with Gasteiger partial charge in [0, 0.05) is 13.1 Å². The first-order chi connectivity index (χ1) is 14.2. The molecule has 0 aliphatic rings. The van der Waals surface area contributed by atoms with E-state index in [1.54, 1.807) is 11.8 Å². The van der Waals surface area contributed by atoms with Gasteiger partial charge in [-0.25, -0.2) is 0 Å². The van der Waals surface area contributed by atoms with Crippen LogP contribution in [0.4, 0.5) is 0 Å². The van der Waals surface area contributed by atoms with Crippen molar-refractivity contribution in [1.82, 2.24) is 10.2 Å². The van der Waals surface area contributed by atoms with E-state index in [9.17, 15) is 9.59 Å². The van der Waals surface area contributed by atoms with Gasteiger partial charge < -0.3 is 15.0 Å². The van der Waals surface area contributed by atoms with Gasteiger partial charge in [0.25, 0.3) is 5.91 Å². The average molecular weight is 411 g/mol. The summed E-state index contributed by atoms with van der Waals surface area (Å²) >= 11 is 0. The van der Waals surface area contributed by atoms with Crippen LogP contribution >= 0.6 is 0 Å². The first kappa shape index (κ1) is 23.5. The summed E-state index contributed by atoms with van der Waals surface area (Å²) in [7, 11) is 0. The van der Waals surface area contributed by atoms with Gasteiger partial charge in [0.1, 0.15) is 11.8 Å². The monoisotopic (exact) mass is 410 g/mol. The van der Waals surface area contributed by atoms with Crippen LogP contribution in [0.2, 0.25) is 0 Å². The topological polar surface area (TPSA) is 58.6 Å². The van der Waals surface area contributed by atoms with Gasteiger partial charge in [-0.1, -0.05) is 42.8 Å². The number of rotatable bonds is 9. The maximum absolute atomic E-state index is 13.1. The van der Waals surface area contributed by atoms with Crippen LogP contribution in [0, 0.1) is 27.7 Å². The van der Waals surface area contributed by atoms with Gasteiger partial charge in [0.15, 0.2) is 6.61 Å². The van der Waals surface area contributed by atoms with E-state index in [0.717, 1.165) is 34.2 Å². The first-order valence-electron chi connectivity index (χ1n) is 10.6. The van der Waals surface area contributed by atoms with Crippen LogP contribution in [0.5, 0.6) is 5.75 Å². The molecular formula is C25H34N2O3. The third-order valence-electron chi connectivity index (χ3n) is 5.27. The van der Waals surface area contributed by atoms with Gasteiger partial charge in [0.05, 0.1) is 0 Å². The van der Waals surface area contributed by atoms with Crippen LogP contribution < -0.4 is 10.1 Å². The van der Waals surface area contributed by atoms with Crippen molar-refractivity contribution in [1.29, 1.82) is 0 Å². The Balaban J connectivity index is 2.19. The highest BCUT2D eigenvalue weighted by Gasteiger charge is 2.26. The Kier molecular flexibility index (Phi) is 8.46. The Bertz CT molecular complexity index is 892. The summed E-state index contributed by atoms with van der Waals surface area (Å²) in [5.74, 6) is 0.342. The summed E-state index contributed by atoms with van der Waals surface area (Å²) in [4.78, 5) is 27.3. The standard InChI is InChI=1S/C25H34N2O3/c1-7-11-26-25(29)21(6)27(15-22-10-8-9-17(2)13-22)24(28)16-30-23-14-18(3)12-19(4)20(23)5/h8-10,12-14,21H,7,11,15-16H2,1-6H3,(H,26,29)/t21-/m0/s1. The van der Waals surface area contributed by atoms with E-state index in [2.05, 4.69) is 11.4 Å². The number of carbonyl (C=O) groups is 2. The van der Waals surface area contributed by atoms with Crippen molar-refractivity contribution in [2.45, 2.75) is 60.5 Å². The number of hydrogen-bond acceptors (Lipinski definition) is 3. The zero-order chi connectivity index (χ0) is 22.3. The molecule has 5 nitrogen and oxygen atoms in total. The van der Waals surface area contributed by atoms with Crippen molar-refractivity contribution < 1.29 is 14.3 Å². The third kappa shape index (κ3) is 6.34. The highest BCUT2D eigenvalue weighted by atomic mass is 16.5. The fraction of sp³-hybridized carbons (Fsp3) is 0.440. The molecule has 0 fully saturated rings. The van der Waals surface area contributed by atoms with Crippen LogP contribution in [-0.2, 0) is 16.1 Å². The first-order valence-corrected chi connectivity index (χ1v) is 10.6. The van der Waals surface area contributed by atoms with Gasteiger partial charge in [-0.05, 0) is 69.4 Å². The maximum atomic E-state index is 13.1. The van der Waals surface area contributed by atoms with Gasteiger partial charge in [-0.15, -0.1) is 0 Å². The van der Waals surface area contributed by atoms with E-state index in [1.807, 2.05) is 65.0 Å². The molecule has 0 radical (unpaired) electrons. The molecule has 2 aromatic rings. The van der Waals surface area contributed by atoms with E-state index in [0.29, 0.717) is 18.8 Å². The molecule has 0 aliphatic heterocycles. The molecular weight excluding hydrogens is 376 g/mol. The molecule has 0 heterocycles. The molecule has 0 bridgehead atoms. The van der Waals surface area contributed by atoms with E-state index in [4.69, 9.17) is 4.74 Å². The molecule has 0 saturated heterocycles. The quantitative estimate of drug-likeness (QED) is 0.673. The van der Waals surface area contributed by atoms with Gasteiger partial charge in [-0.2, -0.15) is 0 Å². The number of nitrogens with one attached hydrogen (secondary N) is 1. The van der Waals surface area contributed by atoms with Gasteiger partial charge >= 0.3 is 0 Å². The molecule has 0 unspecified atom stereocenters. The highest BCUT2D eigenvalue weighted by molar-refractivity contribution is 5.88. The van der Waals surface area contributed by atoms with Crippen LogP contribution in [0.1, 0.15) is 48.1 Å². The van der Waals surface area contributed by atoms with Crippen molar-refractivity contribution >= 4 is 11.8 Å². The summed E-state index contributed by atoms with van der Waals surface area (Å²) in [5, 5.41) is 2.89. The second-order valence-electron chi connectivity index (χ2n) is 7.97.